The first-order chi connectivity index (χ1) is 15.5. The van der Waals surface area contributed by atoms with Crippen molar-refractivity contribution in [3.8, 4) is 22.7 Å². The van der Waals surface area contributed by atoms with Gasteiger partial charge in [0, 0.05) is 33.5 Å². The number of benzene rings is 3. The smallest absolute Gasteiger partial charge is 0.455 e. The summed E-state index contributed by atoms with van der Waals surface area (Å²) in [4.78, 5) is 4.59. The minimum absolute atomic E-state index is 0.226. The van der Waals surface area contributed by atoms with Crippen molar-refractivity contribution in [1.82, 2.24) is 15.2 Å². The fourth-order valence-electron chi connectivity index (χ4n) is 3.82. The Hall–Kier alpha value is -4.20. The van der Waals surface area contributed by atoms with E-state index in [1.165, 1.54) is 0 Å². The number of fused-ring (bicyclic) bond motifs is 4. The van der Waals surface area contributed by atoms with E-state index in [9.17, 15) is 13.2 Å². The highest BCUT2D eigenvalue weighted by atomic mass is 19.4. The van der Waals surface area contributed by atoms with Crippen LogP contribution in [0.15, 0.2) is 81.8 Å². The summed E-state index contributed by atoms with van der Waals surface area (Å²) in [6.45, 7) is 0. The SMILES string of the molecule is FC(F)(F)c1nnc(-c2ccc3c(c2)oc2c(-c4cc5ccccc5cn4)cccc23)o1. The van der Waals surface area contributed by atoms with Gasteiger partial charge in [0.1, 0.15) is 11.2 Å². The van der Waals surface area contributed by atoms with Crippen molar-refractivity contribution in [3.05, 3.63) is 78.8 Å². The van der Waals surface area contributed by atoms with Crippen molar-refractivity contribution in [2.75, 3.05) is 0 Å². The predicted molar refractivity (Wildman–Crippen MR) is 113 cm³/mol. The highest BCUT2D eigenvalue weighted by Crippen LogP contribution is 2.38. The molecular weight excluding hydrogens is 419 g/mol. The number of alkyl halides is 3. The summed E-state index contributed by atoms with van der Waals surface area (Å²) in [5, 5.41) is 10.4. The van der Waals surface area contributed by atoms with E-state index in [0.717, 1.165) is 32.8 Å². The fourth-order valence-corrected chi connectivity index (χ4v) is 3.82. The van der Waals surface area contributed by atoms with Crippen LogP contribution in [0.3, 0.4) is 0 Å². The molecule has 3 heterocycles. The summed E-state index contributed by atoms with van der Waals surface area (Å²) in [7, 11) is 0. The van der Waals surface area contributed by atoms with Gasteiger partial charge in [-0.15, -0.1) is 10.2 Å². The van der Waals surface area contributed by atoms with Gasteiger partial charge in [-0.2, -0.15) is 13.2 Å². The van der Waals surface area contributed by atoms with Crippen molar-refractivity contribution < 1.29 is 22.0 Å². The van der Waals surface area contributed by atoms with Crippen LogP contribution in [-0.2, 0) is 6.18 Å². The molecule has 0 saturated heterocycles. The lowest BCUT2D eigenvalue weighted by Crippen LogP contribution is -2.04. The fraction of sp³-hybridized carbons (Fsp3) is 0.0417. The standard InChI is InChI=1S/C24H12F3N3O2/c25-24(26,27)23-30-29-22(32-23)14-8-9-16-17-6-3-7-18(21(17)31-20(16)11-14)19-10-13-4-1-2-5-15(13)12-28-19/h1-12H. The average Bonchev–Trinajstić information content (AvgIpc) is 3.43. The van der Waals surface area contributed by atoms with Gasteiger partial charge in [0.15, 0.2) is 0 Å². The van der Waals surface area contributed by atoms with E-state index < -0.39 is 12.1 Å². The molecule has 156 valence electrons. The van der Waals surface area contributed by atoms with Crippen LogP contribution in [0.4, 0.5) is 13.2 Å². The third kappa shape index (κ3) is 2.91. The van der Waals surface area contributed by atoms with Crippen LogP contribution >= 0.6 is 0 Å². The van der Waals surface area contributed by atoms with E-state index in [2.05, 4.69) is 15.2 Å². The van der Waals surface area contributed by atoms with Gasteiger partial charge in [0.25, 0.3) is 0 Å². The van der Waals surface area contributed by atoms with E-state index >= 15 is 0 Å². The van der Waals surface area contributed by atoms with Crippen molar-refractivity contribution in [1.29, 1.82) is 0 Å². The first kappa shape index (κ1) is 18.6. The van der Waals surface area contributed by atoms with Crippen LogP contribution in [0, 0.1) is 0 Å². The summed E-state index contributed by atoms with van der Waals surface area (Å²) in [5.41, 5.74) is 3.06. The molecule has 3 aromatic heterocycles. The van der Waals surface area contributed by atoms with Gasteiger partial charge in [-0.1, -0.05) is 36.4 Å². The number of aromatic nitrogens is 3. The van der Waals surface area contributed by atoms with E-state index in [0.29, 0.717) is 16.7 Å². The molecule has 0 N–H and O–H groups in total. The zero-order valence-electron chi connectivity index (χ0n) is 16.2. The van der Waals surface area contributed by atoms with Crippen LogP contribution in [0.1, 0.15) is 5.89 Å². The molecule has 0 radical (unpaired) electrons. The molecule has 0 aliphatic carbocycles. The molecule has 0 aliphatic rings. The molecule has 32 heavy (non-hydrogen) atoms. The summed E-state index contributed by atoms with van der Waals surface area (Å²) in [6.07, 6.45) is -2.88. The molecule has 3 aromatic carbocycles. The molecule has 6 aromatic rings. The van der Waals surface area contributed by atoms with Crippen LogP contribution in [-0.4, -0.2) is 15.2 Å². The van der Waals surface area contributed by atoms with Gasteiger partial charge in [-0.25, -0.2) is 0 Å². The largest absolute Gasteiger partial charge is 0.470 e. The van der Waals surface area contributed by atoms with Gasteiger partial charge in [-0.05, 0) is 35.7 Å². The molecule has 8 heteroatoms. The lowest BCUT2D eigenvalue weighted by atomic mass is 10.0. The minimum Gasteiger partial charge on any atom is -0.455 e. The maximum Gasteiger partial charge on any atom is 0.470 e. The third-order valence-corrected chi connectivity index (χ3v) is 5.32. The Kier molecular flexibility index (Phi) is 3.86. The summed E-state index contributed by atoms with van der Waals surface area (Å²) >= 11 is 0. The number of nitrogens with zero attached hydrogens (tertiary/aromatic N) is 3. The minimum atomic E-state index is -4.70. The Morgan fingerprint density at radius 1 is 0.750 bits per heavy atom. The quantitative estimate of drug-likeness (QED) is 0.299. The second-order valence-corrected chi connectivity index (χ2v) is 7.32. The summed E-state index contributed by atoms with van der Waals surface area (Å²) in [5.74, 6) is -1.61. The molecule has 5 nitrogen and oxygen atoms in total. The first-order valence-corrected chi connectivity index (χ1v) is 9.69. The van der Waals surface area contributed by atoms with Crippen LogP contribution in [0.5, 0.6) is 0 Å². The second kappa shape index (κ2) is 6.65. The molecular formula is C24H12F3N3O2. The maximum absolute atomic E-state index is 12.8. The number of halogens is 3. The van der Waals surface area contributed by atoms with Gasteiger partial charge in [-0.3, -0.25) is 4.98 Å². The molecule has 0 atom stereocenters. The van der Waals surface area contributed by atoms with Crippen LogP contribution < -0.4 is 0 Å². The van der Waals surface area contributed by atoms with Gasteiger partial charge >= 0.3 is 12.1 Å². The highest BCUT2D eigenvalue weighted by Gasteiger charge is 2.38. The van der Waals surface area contributed by atoms with Crippen molar-refractivity contribution >= 4 is 32.7 Å². The summed E-state index contributed by atoms with van der Waals surface area (Å²) in [6, 6.07) is 20.7. The topological polar surface area (TPSA) is 65.0 Å². The molecule has 0 aliphatic heterocycles. The zero-order valence-corrected chi connectivity index (χ0v) is 16.2. The number of para-hydroxylation sites is 1. The second-order valence-electron chi connectivity index (χ2n) is 7.32. The van der Waals surface area contributed by atoms with Crippen molar-refractivity contribution in [2.24, 2.45) is 0 Å². The molecule has 0 fully saturated rings. The molecule has 0 unspecified atom stereocenters. The molecule has 0 spiro atoms. The normalized spacial score (nSPS) is 12.2. The maximum atomic E-state index is 12.8. The van der Waals surface area contributed by atoms with Gasteiger partial charge in [0.05, 0.1) is 5.69 Å². The Balaban J connectivity index is 1.50. The van der Waals surface area contributed by atoms with Crippen molar-refractivity contribution in [2.45, 2.75) is 6.18 Å². The molecule has 0 bridgehead atoms. The summed E-state index contributed by atoms with van der Waals surface area (Å²) < 4.78 is 49.3. The van der Waals surface area contributed by atoms with Gasteiger partial charge in [0.2, 0.25) is 5.89 Å². The Morgan fingerprint density at radius 2 is 1.59 bits per heavy atom. The lowest BCUT2D eigenvalue weighted by molar-refractivity contribution is -0.156. The monoisotopic (exact) mass is 431 g/mol. The molecule has 0 amide bonds. The highest BCUT2D eigenvalue weighted by molar-refractivity contribution is 6.10. The van der Waals surface area contributed by atoms with Crippen LogP contribution in [0.2, 0.25) is 0 Å². The number of hydrogen-bond donors (Lipinski definition) is 0. The number of rotatable bonds is 2. The third-order valence-electron chi connectivity index (χ3n) is 5.32. The molecule has 0 saturated carbocycles. The predicted octanol–water partition coefficient (Wildman–Crippen LogP) is 6.87. The zero-order chi connectivity index (χ0) is 21.9. The number of hydrogen-bond acceptors (Lipinski definition) is 5. The Bertz CT molecular complexity index is 1630. The van der Waals surface area contributed by atoms with Gasteiger partial charge < -0.3 is 8.83 Å². The van der Waals surface area contributed by atoms with Crippen molar-refractivity contribution in [3.63, 3.8) is 0 Å². The number of pyridine rings is 1. The Morgan fingerprint density at radius 3 is 2.41 bits per heavy atom. The molecule has 6 rings (SSSR count). The first-order valence-electron chi connectivity index (χ1n) is 9.69. The Labute approximate surface area is 178 Å². The van der Waals surface area contributed by atoms with E-state index in [1.807, 2.05) is 54.7 Å². The van der Waals surface area contributed by atoms with E-state index in [1.54, 1.807) is 18.2 Å². The van der Waals surface area contributed by atoms with Crippen LogP contribution in [0.25, 0.3) is 55.4 Å². The average molecular weight is 431 g/mol. The van der Waals surface area contributed by atoms with E-state index in [-0.39, 0.29) is 5.89 Å². The lowest BCUT2D eigenvalue weighted by Gasteiger charge is -2.04. The number of furan rings is 1. The van der Waals surface area contributed by atoms with E-state index in [4.69, 9.17) is 8.83 Å².